The van der Waals surface area contributed by atoms with Crippen LogP contribution in [0.4, 0.5) is 5.69 Å². The lowest BCUT2D eigenvalue weighted by atomic mass is 9.93. The van der Waals surface area contributed by atoms with Crippen LogP contribution in [0.25, 0.3) is 0 Å². The molecule has 0 saturated carbocycles. The molecular weight excluding hydrogens is 440 g/mol. The maximum atomic E-state index is 13.0. The Labute approximate surface area is 196 Å². The van der Waals surface area contributed by atoms with Crippen molar-refractivity contribution in [3.05, 3.63) is 77.7 Å². The molecule has 2 amide bonds. The van der Waals surface area contributed by atoms with E-state index in [0.29, 0.717) is 17.2 Å². The standard InChI is InChI=1S/C25H24N2O7/c1-31-18-9-10-19(22(13-18)32-2)26-23(28)15-34-25(30)20-12-16-6-3-4-7-17(16)14-27(20)24(29)21-8-5-11-33-21/h3-11,13,20H,12,14-15H2,1-2H3,(H,26,28)/t20-/m0/s1. The topological polar surface area (TPSA) is 107 Å². The molecule has 0 aliphatic carbocycles. The third-order valence-corrected chi connectivity index (χ3v) is 5.54. The number of amides is 2. The quantitative estimate of drug-likeness (QED) is 0.536. The largest absolute Gasteiger partial charge is 0.497 e. The van der Waals surface area contributed by atoms with Crippen molar-refractivity contribution in [3.8, 4) is 11.5 Å². The molecule has 3 aromatic rings. The molecule has 2 heterocycles. The number of anilines is 1. The van der Waals surface area contributed by atoms with Gasteiger partial charge in [0.2, 0.25) is 0 Å². The van der Waals surface area contributed by atoms with Gasteiger partial charge in [0, 0.05) is 19.0 Å². The van der Waals surface area contributed by atoms with Crippen LogP contribution in [-0.2, 0) is 27.3 Å². The SMILES string of the molecule is COc1ccc(NC(=O)COC(=O)[C@@H]2Cc3ccccc3CN2C(=O)c2ccco2)c(OC)c1. The second-order valence-electron chi connectivity index (χ2n) is 7.62. The molecule has 9 heteroatoms. The summed E-state index contributed by atoms with van der Waals surface area (Å²) >= 11 is 0. The summed E-state index contributed by atoms with van der Waals surface area (Å²) in [6.07, 6.45) is 1.67. The highest BCUT2D eigenvalue weighted by Gasteiger charge is 2.37. The Balaban J connectivity index is 1.45. The van der Waals surface area contributed by atoms with Crippen LogP contribution in [0.5, 0.6) is 11.5 Å². The zero-order chi connectivity index (χ0) is 24.1. The average molecular weight is 464 g/mol. The Morgan fingerprint density at radius 3 is 2.53 bits per heavy atom. The lowest BCUT2D eigenvalue weighted by Gasteiger charge is -2.34. The van der Waals surface area contributed by atoms with Gasteiger partial charge in [-0.1, -0.05) is 24.3 Å². The second kappa shape index (κ2) is 10.1. The van der Waals surface area contributed by atoms with Gasteiger partial charge >= 0.3 is 5.97 Å². The second-order valence-corrected chi connectivity index (χ2v) is 7.62. The normalized spacial score (nSPS) is 14.6. The van der Waals surface area contributed by atoms with E-state index in [9.17, 15) is 14.4 Å². The molecule has 34 heavy (non-hydrogen) atoms. The lowest BCUT2D eigenvalue weighted by Crippen LogP contribution is -2.49. The molecule has 1 aliphatic heterocycles. The van der Waals surface area contributed by atoms with E-state index in [0.717, 1.165) is 11.1 Å². The summed E-state index contributed by atoms with van der Waals surface area (Å²) in [5, 5.41) is 2.65. The Morgan fingerprint density at radius 2 is 1.82 bits per heavy atom. The number of carbonyl (C=O) groups is 3. The van der Waals surface area contributed by atoms with Crippen LogP contribution in [0.1, 0.15) is 21.7 Å². The first kappa shape index (κ1) is 22.9. The van der Waals surface area contributed by atoms with Gasteiger partial charge in [0.15, 0.2) is 12.4 Å². The summed E-state index contributed by atoms with van der Waals surface area (Å²) < 4.78 is 21.0. The summed E-state index contributed by atoms with van der Waals surface area (Å²) in [6.45, 7) is -0.292. The summed E-state index contributed by atoms with van der Waals surface area (Å²) in [4.78, 5) is 39.9. The van der Waals surface area contributed by atoms with Crippen molar-refractivity contribution in [2.75, 3.05) is 26.1 Å². The number of rotatable bonds is 7. The first-order valence-electron chi connectivity index (χ1n) is 10.6. The van der Waals surface area contributed by atoms with Crippen molar-refractivity contribution in [2.45, 2.75) is 19.0 Å². The number of benzene rings is 2. The van der Waals surface area contributed by atoms with E-state index >= 15 is 0 Å². The number of hydrogen-bond acceptors (Lipinski definition) is 7. The van der Waals surface area contributed by atoms with Crippen LogP contribution in [-0.4, -0.2) is 49.6 Å². The number of methoxy groups -OCH3 is 2. The van der Waals surface area contributed by atoms with Crippen molar-refractivity contribution in [3.63, 3.8) is 0 Å². The van der Waals surface area contributed by atoms with Gasteiger partial charge < -0.3 is 28.8 Å². The number of furan rings is 1. The minimum absolute atomic E-state index is 0.126. The van der Waals surface area contributed by atoms with Crippen LogP contribution in [0, 0.1) is 0 Å². The predicted octanol–water partition coefficient (Wildman–Crippen LogP) is 3.05. The highest BCUT2D eigenvalue weighted by Crippen LogP contribution is 2.29. The third-order valence-electron chi connectivity index (χ3n) is 5.54. The summed E-state index contributed by atoms with van der Waals surface area (Å²) in [5.41, 5.74) is 2.29. The van der Waals surface area contributed by atoms with Gasteiger partial charge in [0.25, 0.3) is 11.8 Å². The zero-order valence-corrected chi connectivity index (χ0v) is 18.8. The fourth-order valence-corrected chi connectivity index (χ4v) is 3.81. The zero-order valence-electron chi connectivity index (χ0n) is 18.8. The van der Waals surface area contributed by atoms with E-state index in [1.807, 2.05) is 24.3 Å². The summed E-state index contributed by atoms with van der Waals surface area (Å²) in [7, 11) is 2.99. The molecule has 1 aliphatic rings. The number of esters is 1. The maximum absolute atomic E-state index is 13.0. The van der Waals surface area contributed by atoms with E-state index in [1.165, 1.54) is 25.4 Å². The molecule has 1 aromatic heterocycles. The van der Waals surface area contributed by atoms with E-state index in [2.05, 4.69) is 5.32 Å². The van der Waals surface area contributed by atoms with Crippen LogP contribution >= 0.6 is 0 Å². The Morgan fingerprint density at radius 1 is 1.03 bits per heavy atom. The Bertz CT molecular complexity index is 1190. The van der Waals surface area contributed by atoms with Crippen LogP contribution in [0.15, 0.2) is 65.3 Å². The molecule has 0 unspecified atom stereocenters. The Hall–Kier alpha value is -4.27. The number of nitrogens with zero attached hydrogens (tertiary/aromatic N) is 1. The number of hydrogen-bond donors (Lipinski definition) is 1. The monoisotopic (exact) mass is 464 g/mol. The lowest BCUT2D eigenvalue weighted by molar-refractivity contribution is -0.152. The van der Waals surface area contributed by atoms with Crippen LogP contribution in [0.3, 0.4) is 0 Å². The molecular formula is C25H24N2O7. The highest BCUT2D eigenvalue weighted by molar-refractivity contribution is 5.97. The Kier molecular flexibility index (Phi) is 6.82. The molecule has 0 radical (unpaired) electrons. The number of carbonyl (C=O) groups excluding carboxylic acids is 3. The maximum Gasteiger partial charge on any atom is 0.329 e. The highest BCUT2D eigenvalue weighted by atomic mass is 16.5. The van der Waals surface area contributed by atoms with Gasteiger partial charge in [0.05, 0.1) is 26.2 Å². The van der Waals surface area contributed by atoms with Gasteiger partial charge in [-0.3, -0.25) is 9.59 Å². The minimum Gasteiger partial charge on any atom is -0.497 e. The third kappa shape index (κ3) is 4.88. The smallest absolute Gasteiger partial charge is 0.329 e. The van der Waals surface area contributed by atoms with Crippen molar-refractivity contribution in [1.29, 1.82) is 0 Å². The van der Waals surface area contributed by atoms with E-state index in [1.54, 1.807) is 30.3 Å². The van der Waals surface area contributed by atoms with E-state index < -0.39 is 30.4 Å². The predicted molar refractivity (Wildman–Crippen MR) is 122 cm³/mol. The van der Waals surface area contributed by atoms with Crippen LogP contribution < -0.4 is 14.8 Å². The van der Waals surface area contributed by atoms with Crippen molar-refractivity contribution < 1.29 is 33.0 Å². The molecule has 4 rings (SSSR count). The molecule has 0 spiro atoms. The van der Waals surface area contributed by atoms with Crippen molar-refractivity contribution in [1.82, 2.24) is 4.90 Å². The van der Waals surface area contributed by atoms with Gasteiger partial charge in [-0.25, -0.2) is 4.79 Å². The molecule has 0 bridgehead atoms. The van der Waals surface area contributed by atoms with Crippen molar-refractivity contribution >= 4 is 23.5 Å². The summed E-state index contributed by atoms with van der Waals surface area (Å²) in [5.74, 6) is -0.545. The minimum atomic E-state index is -0.893. The number of ether oxygens (including phenoxy) is 3. The van der Waals surface area contributed by atoms with Crippen molar-refractivity contribution in [2.24, 2.45) is 0 Å². The van der Waals surface area contributed by atoms with Gasteiger partial charge in [-0.05, 0) is 35.4 Å². The molecule has 1 atom stereocenters. The van der Waals surface area contributed by atoms with Gasteiger partial charge in [0.1, 0.15) is 17.5 Å². The molecule has 0 saturated heterocycles. The fourth-order valence-electron chi connectivity index (χ4n) is 3.81. The number of nitrogens with one attached hydrogen (secondary N) is 1. The summed E-state index contributed by atoms with van der Waals surface area (Å²) in [6, 6.07) is 14.8. The number of fused-ring (bicyclic) bond motifs is 1. The first-order valence-corrected chi connectivity index (χ1v) is 10.6. The molecule has 176 valence electrons. The fraction of sp³-hybridized carbons (Fsp3) is 0.240. The molecule has 1 N–H and O–H groups in total. The molecule has 2 aromatic carbocycles. The average Bonchev–Trinajstić information content (AvgIpc) is 3.41. The molecule has 0 fully saturated rings. The molecule has 9 nitrogen and oxygen atoms in total. The first-order chi connectivity index (χ1) is 16.5. The van der Waals surface area contributed by atoms with Gasteiger partial charge in [-0.2, -0.15) is 0 Å². The van der Waals surface area contributed by atoms with Gasteiger partial charge in [-0.15, -0.1) is 0 Å². The van der Waals surface area contributed by atoms with E-state index in [-0.39, 0.29) is 18.7 Å². The van der Waals surface area contributed by atoms with E-state index in [4.69, 9.17) is 18.6 Å². The van der Waals surface area contributed by atoms with Crippen LogP contribution in [0.2, 0.25) is 0 Å².